The number of hydrogen-bond acceptors (Lipinski definition) is 5. The van der Waals surface area contributed by atoms with Gasteiger partial charge in [-0.15, -0.1) is 11.3 Å². The topological polar surface area (TPSA) is 68.7 Å². The molecule has 0 atom stereocenters. The lowest BCUT2D eigenvalue weighted by molar-refractivity contribution is 0.105. The Balaban J connectivity index is 1.37. The standard InChI is InChI=1S/C17H22N4O2S/c22-17(23)21-11-9-20(10-12-21)8-4-7-18-16-19-15(13-24-16)14-5-2-1-3-6-14/h1-3,5-6,13H,4,7-12H2,(H,18,19)(H,22,23). The first kappa shape index (κ1) is 16.7. The Morgan fingerprint density at radius 1 is 1.21 bits per heavy atom. The minimum absolute atomic E-state index is 0.607. The molecule has 3 rings (SSSR count). The molecule has 1 amide bonds. The minimum atomic E-state index is -0.811. The summed E-state index contributed by atoms with van der Waals surface area (Å²) >= 11 is 1.63. The normalized spacial score (nSPS) is 15.4. The summed E-state index contributed by atoms with van der Waals surface area (Å²) in [6.07, 6.45) is 0.210. The van der Waals surface area contributed by atoms with Gasteiger partial charge < -0.3 is 15.3 Å². The molecule has 0 aliphatic carbocycles. The second kappa shape index (κ2) is 8.12. The SMILES string of the molecule is O=C(O)N1CCN(CCCNc2nc(-c3ccccc3)cs2)CC1. The number of amides is 1. The quantitative estimate of drug-likeness (QED) is 0.787. The first-order chi connectivity index (χ1) is 11.7. The van der Waals surface area contributed by atoms with E-state index in [2.05, 4.69) is 32.7 Å². The number of nitrogens with zero attached hydrogens (tertiary/aromatic N) is 3. The summed E-state index contributed by atoms with van der Waals surface area (Å²) in [4.78, 5) is 19.3. The van der Waals surface area contributed by atoms with E-state index in [0.717, 1.165) is 49.0 Å². The van der Waals surface area contributed by atoms with Crippen LogP contribution in [0.5, 0.6) is 0 Å². The fourth-order valence-corrected chi connectivity index (χ4v) is 3.51. The lowest BCUT2D eigenvalue weighted by atomic mass is 10.2. The van der Waals surface area contributed by atoms with Gasteiger partial charge in [0.2, 0.25) is 0 Å². The summed E-state index contributed by atoms with van der Waals surface area (Å²) in [5, 5.41) is 15.3. The summed E-state index contributed by atoms with van der Waals surface area (Å²) in [6.45, 7) is 4.72. The molecule has 2 aromatic rings. The third-order valence-electron chi connectivity index (χ3n) is 4.14. The van der Waals surface area contributed by atoms with E-state index in [1.54, 1.807) is 11.3 Å². The Kier molecular flexibility index (Phi) is 5.66. The summed E-state index contributed by atoms with van der Waals surface area (Å²) in [5.41, 5.74) is 2.14. The van der Waals surface area contributed by atoms with Crippen LogP contribution in [0, 0.1) is 0 Å². The van der Waals surface area contributed by atoms with E-state index in [0.29, 0.717) is 13.1 Å². The monoisotopic (exact) mass is 346 g/mol. The van der Waals surface area contributed by atoms with Gasteiger partial charge in [0.15, 0.2) is 5.13 Å². The van der Waals surface area contributed by atoms with Crippen LogP contribution in [0.15, 0.2) is 35.7 Å². The van der Waals surface area contributed by atoms with Crippen molar-refractivity contribution in [3.63, 3.8) is 0 Å². The van der Waals surface area contributed by atoms with Crippen molar-refractivity contribution in [3.8, 4) is 11.3 Å². The largest absolute Gasteiger partial charge is 0.465 e. The van der Waals surface area contributed by atoms with Crippen LogP contribution in [-0.4, -0.2) is 65.3 Å². The molecule has 0 saturated carbocycles. The number of anilines is 1. The average Bonchev–Trinajstić information content (AvgIpc) is 3.09. The molecule has 0 unspecified atom stereocenters. The predicted octanol–water partition coefficient (Wildman–Crippen LogP) is 2.91. The van der Waals surface area contributed by atoms with Crippen molar-refractivity contribution in [2.75, 3.05) is 44.6 Å². The second-order valence-electron chi connectivity index (χ2n) is 5.80. The van der Waals surface area contributed by atoms with Gasteiger partial charge >= 0.3 is 6.09 Å². The van der Waals surface area contributed by atoms with Crippen molar-refractivity contribution in [2.24, 2.45) is 0 Å². The molecule has 128 valence electrons. The number of carboxylic acid groups (broad SMARTS) is 1. The van der Waals surface area contributed by atoms with Gasteiger partial charge in [-0.25, -0.2) is 9.78 Å². The number of hydrogen-bond donors (Lipinski definition) is 2. The smallest absolute Gasteiger partial charge is 0.407 e. The zero-order valence-corrected chi connectivity index (χ0v) is 14.3. The van der Waals surface area contributed by atoms with Gasteiger partial charge in [-0.1, -0.05) is 30.3 Å². The minimum Gasteiger partial charge on any atom is -0.465 e. The molecular weight excluding hydrogens is 324 g/mol. The van der Waals surface area contributed by atoms with Crippen LogP contribution >= 0.6 is 11.3 Å². The Hall–Kier alpha value is -2.12. The van der Waals surface area contributed by atoms with E-state index in [1.807, 2.05) is 18.2 Å². The molecule has 1 fully saturated rings. The number of nitrogens with one attached hydrogen (secondary N) is 1. The van der Waals surface area contributed by atoms with E-state index < -0.39 is 6.09 Å². The van der Waals surface area contributed by atoms with Crippen LogP contribution in [0.2, 0.25) is 0 Å². The van der Waals surface area contributed by atoms with Crippen molar-refractivity contribution in [1.29, 1.82) is 0 Å². The maximum absolute atomic E-state index is 10.9. The fraction of sp³-hybridized carbons (Fsp3) is 0.412. The summed E-state index contributed by atoms with van der Waals surface area (Å²) in [6, 6.07) is 10.2. The van der Waals surface area contributed by atoms with Gasteiger partial charge in [0.25, 0.3) is 0 Å². The van der Waals surface area contributed by atoms with Crippen LogP contribution in [0.4, 0.5) is 9.93 Å². The first-order valence-corrected chi connectivity index (χ1v) is 9.05. The molecule has 0 spiro atoms. The maximum atomic E-state index is 10.9. The highest BCUT2D eigenvalue weighted by molar-refractivity contribution is 7.14. The second-order valence-corrected chi connectivity index (χ2v) is 6.65. The van der Waals surface area contributed by atoms with E-state index >= 15 is 0 Å². The molecule has 1 aliphatic heterocycles. The highest BCUT2D eigenvalue weighted by atomic mass is 32.1. The summed E-state index contributed by atoms with van der Waals surface area (Å²) < 4.78 is 0. The highest BCUT2D eigenvalue weighted by Crippen LogP contribution is 2.24. The predicted molar refractivity (Wildman–Crippen MR) is 96.7 cm³/mol. The Morgan fingerprint density at radius 3 is 2.67 bits per heavy atom. The zero-order chi connectivity index (χ0) is 16.8. The Morgan fingerprint density at radius 2 is 1.96 bits per heavy atom. The highest BCUT2D eigenvalue weighted by Gasteiger charge is 2.19. The zero-order valence-electron chi connectivity index (χ0n) is 13.5. The van der Waals surface area contributed by atoms with E-state index in [4.69, 9.17) is 5.11 Å². The van der Waals surface area contributed by atoms with Crippen molar-refractivity contribution in [1.82, 2.24) is 14.8 Å². The molecule has 6 nitrogen and oxygen atoms in total. The third kappa shape index (κ3) is 4.46. The van der Waals surface area contributed by atoms with Crippen molar-refractivity contribution >= 4 is 22.6 Å². The molecule has 1 aromatic carbocycles. The van der Waals surface area contributed by atoms with Gasteiger partial charge in [-0.05, 0) is 13.0 Å². The number of aromatic nitrogens is 1. The van der Waals surface area contributed by atoms with Gasteiger partial charge in [-0.2, -0.15) is 0 Å². The molecule has 24 heavy (non-hydrogen) atoms. The number of carbonyl (C=O) groups is 1. The lowest BCUT2D eigenvalue weighted by Gasteiger charge is -2.32. The molecule has 0 radical (unpaired) electrons. The molecule has 7 heteroatoms. The van der Waals surface area contributed by atoms with Crippen molar-refractivity contribution in [3.05, 3.63) is 35.7 Å². The molecule has 1 saturated heterocycles. The van der Waals surface area contributed by atoms with Crippen LogP contribution in [0.3, 0.4) is 0 Å². The number of benzene rings is 1. The summed E-state index contributed by atoms with van der Waals surface area (Å²) in [5.74, 6) is 0. The summed E-state index contributed by atoms with van der Waals surface area (Å²) in [7, 11) is 0. The van der Waals surface area contributed by atoms with Gasteiger partial charge in [0.05, 0.1) is 5.69 Å². The van der Waals surface area contributed by atoms with Gasteiger partial charge in [0.1, 0.15) is 0 Å². The molecule has 1 aromatic heterocycles. The molecular formula is C17H22N4O2S. The number of piperazine rings is 1. The Labute approximate surface area is 145 Å². The molecule has 2 N–H and O–H groups in total. The molecule has 0 bridgehead atoms. The number of rotatable bonds is 6. The van der Waals surface area contributed by atoms with Crippen LogP contribution in [-0.2, 0) is 0 Å². The molecule has 1 aliphatic rings. The lowest BCUT2D eigenvalue weighted by Crippen LogP contribution is -2.48. The number of thiazole rings is 1. The molecule has 2 heterocycles. The van der Waals surface area contributed by atoms with Crippen LogP contribution in [0.25, 0.3) is 11.3 Å². The van der Waals surface area contributed by atoms with E-state index in [9.17, 15) is 4.79 Å². The van der Waals surface area contributed by atoms with E-state index in [-0.39, 0.29) is 0 Å². The van der Waals surface area contributed by atoms with Gasteiger partial charge in [0, 0.05) is 43.7 Å². The third-order valence-corrected chi connectivity index (χ3v) is 4.94. The van der Waals surface area contributed by atoms with Crippen molar-refractivity contribution in [2.45, 2.75) is 6.42 Å². The first-order valence-electron chi connectivity index (χ1n) is 8.17. The van der Waals surface area contributed by atoms with Crippen LogP contribution in [0.1, 0.15) is 6.42 Å². The average molecular weight is 346 g/mol. The van der Waals surface area contributed by atoms with Gasteiger partial charge in [-0.3, -0.25) is 4.90 Å². The Bertz CT molecular complexity index is 654. The van der Waals surface area contributed by atoms with Crippen molar-refractivity contribution < 1.29 is 9.90 Å². The maximum Gasteiger partial charge on any atom is 0.407 e. The fourth-order valence-electron chi connectivity index (χ4n) is 2.76. The van der Waals surface area contributed by atoms with E-state index in [1.165, 1.54) is 4.90 Å². The van der Waals surface area contributed by atoms with Crippen LogP contribution < -0.4 is 5.32 Å².